The van der Waals surface area contributed by atoms with Gasteiger partial charge in [-0.15, -0.1) is 0 Å². The van der Waals surface area contributed by atoms with Gasteiger partial charge in [0, 0.05) is 6.21 Å². The van der Waals surface area contributed by atoms with Crippen LogP contribution in [0.2, 0.25) is 0 Å². The molecule has 0 radical (unpaired) electrons. The molecule has 2 rings (SSSR count). The smallest absolute Gasteiger partial charge is 0.308 e. The highest BCUT2D eigenvalue weighted by Crippen LogP contribution is 2.18. The Balaban J connectivity index is 1.59. The molecule has 0 aliphatic heterocycles. The summed E-state index contributed by atoms with van der Waals surface area (Å²) in [6.45, 7) is 5.10. The fraction of sp³-hybridized carbons (Fsp3) is 0.440. The van der Waals surface area contributed by atoms with Crippen molar-refractivity contribution in [1.29, 1.82) is 0 Å². The largest absolute Gasteiger partial charge is 0.497 e. The van der Waals surface area contributed by atoms with Crippen molar-refractivity contribution in [1.82, 2.24) is 0 Å². The van der Waals surface area contributed by atoms with Crippen LogP contribution in [0.15, 0.2) is 53.5 Å². The summed E-state index contributed by atoms with van der Waals surface area (Å²) in [4.78, 5) is 16.0. The molecule has 0 saturated carbocycles. The maximum atomic E-state index is 11.6. The van der Waals surface area contributed by atoms with Gasteiger partial charge in [-0.05, 0) is 86.2 Å². The standard InChI is InChI=1S/C25H33NO4/c1-4-20(2)25(27)30-18-8-6-5-7-17-29-24-13-9-21(10-14-24)19-26-22-11-15-23(28-3)16-12-22/h9-16,19-20H,4-8,17-18H2,1-3H3. The van der Waals surface area contributed by atoms with Crippen molar-refractivity contribution < 1.29 is 19.0 Å². The zero-order chi connectivity index (χ0) is 21.6. The van der Waals surface area contributed by atoms with Crippen molar-refractivity contribution in [2.75, 3.05) is 20.3 Å². The molecule has 0 fully saturated rings. The molecule has 0 aliphatic rings. The van der Waals surface area contributed by atoms with E-state index in [1.54, 1.807) is 7.11 Å². The van der Waals surface area contributed by atoms with Gasteiger partial charge < -0.3 is 14.2 Å². The number of unbranched alkanes of at least 4 members (excludes halogenated alkanes) is 3. The van der Waals surface area contributed by atoms with Gasteiger partial charge in [0.1, 0.15) is 11.5 Å². The molecule has 0 spiro atoms. The van der Waals surface area contributed by atoms with Gasteiger partial charge in [-0.1, -0.05) is 13.8 Å². The molecule has 0 heterocycles. The monoisotopic (exact) mass is 411 g/mol. The average Bonchev–Trinajstić information content (AvgIpc) is 2.79. The van der Waals surface area contributed by atoms with Crippen molar-refractivity contribution in [2.45, 2.75) is 46.0 Å². The van der Waals surface area contributed by atoms with Crippen LogP contribution in [-0.2, 0) is 9.53 Å². The van der Waals surface area contributed by atoms with Gasteiger partial charge in [-0.3, -0.25) is 9.79 Å². The fourth-order valence-electron chi connectivity index (χ4n) is 2.70. The molecule has 0 bridgehead atoms. The molecule has 0 aliphatic carbocycles. The number of nitrogens with zero attached hydrogens (tertiary/aromatic N) is 1. The quantitative estimate of drug-likeness (QED) is 0.231. The number of esters is 1. The SMILES string of the molecule is CCC(C)C(=O)OCCCCCCOc1ccc(C=Nc2ccc(OC)cc2)cc1. The Labute approximate surface area is 180 Å². The average molecular weight is 412 g/mol. The molecule has 2 aromatic carbocycles. The van der Waals surface area contributed by atoms with Crippen LogP contribution < -0.4 is 9.47 Å². The lowest BCUT2D eigenvalue weighted by molar-refractivity contribution is -0.148. The first-order valence-corrected chi connectivity index (χ1v) is 10.7. The van der Waals surface area contributed by atoms with Crippen molar-refractivity contribution in [3.05, 3.63) is 54.1 Å². The van der Waals surface area contributed by atoms with Gasteiger partial charge in [-0.25, -0.2) is 0 Å². The topological polar surface area (TPSA) is 57.1 Å². The second-order valence-electron chi connectivity index (χ2n) is 7.26. The fourth-order valence-corrected chi connectivity index (χ4v) is 2.70. The summed E-state index contributed by atoms with van der Waals surface area (Å²) in [6, 6.07) is 15.5. The number of benzene rings is 2. The van der Waals surface area contributed by atoms with Crippen LogP contribution in [0.4, 0.5) is 5.69 Å². The summed E-state index contributed by atoms with van der Waals surface area (Å²) in [5.41, 5.74) is 1.90. The molecule has 2 aromatic rings. The summed E-state index contributed by atoms with van der Waals surface area (Å²) in [7, 11) is 1.65. The van der Waals surface area contributed by atoms with Crippen LogP contribution in [0.3, 0.4) is 0 Å². The molecule has 0 saturated heterocycles. The Morgan fingerprint density at radius 2 is 1.57 bits per heavy atom. The highest BCUT2D eigenvalue weighted by Gasteiger charge is 2.10. The van der Waals surface area contributed by atoms with Gasteiger partial charge in [-0.2, -0.15) is 0 Å². The summed E-state index contributed by atoms with van der Waals surface area (Å²) in [5.74, 6) is 1.59. The first kappa shape index (κ1) is 23.5. The van der Waals surface area contributed by atoms with E-state index in [-0.39, 0.29) is 11.9 Å². The summed E-state index contributed by atoms with van der Waals surface area (Å²) in [5, 5.41) is 0. The van der Waals surface area contributed by atoms with E-state index in [1.165, 1.54) is 0 Å². The van der Waals surface area contributed by atoms with E-state index < -0.39 is 0 Å². The number of ether oxygens (including phenoxy) is 3. The third kappa shape index (κ3) is 8.68. The van der Waals surface area contributed by atoms with Crippen molar-refractivity contribution >= 4 is 17.9 Å². The second-order valence-corrected chi connectivity index (χ2v) is 7.26. The van der Waals surface area contributed by atoms with Gasteiger partial charge in [0.05, 0.1) is 31.9 Å². The highest BCUT2D eigenvalue weighted by molar-refractivity contribution is 5.82. The maximum Gasteiger partial charge on any atom is 0.308 e. The van der Waals surface area contributed by atoms with Gasteiger partial charge in [0.15, 0.2) is 0 Å². The second kappa shape index (κ2) is 13.4. The maximum absolute atomic E-state index is 11.6. The Bertz CT molecular complexity index is 769. The lowest BCUT2D eigenvalue weighted by Gasteiger charge is -2.09. The van der Waals surface area contributed by atoms with Crippen LogP contribution in [0.1, 0.15) is 51.5 Å². The Kier molecular flexibility index (Phi) is 10.5. The van der Waals surface area contributed by atoms with Gasteiger partial charge in [0.25, 0.3) is 0 Å². The molecular formula is C25H33NO4. The number of carbonyl (C=O) groups is 1. The minimum atomic E-state index is -0.0849. The number of rotatable bonds is 13. The van der Waals surface area contributed by atoms with E-state index in [2.05, 4.69) is 4.99 Å². The van der Waals surface area contributed by atoms with Crippen LogP contribution in [-0.4, -0.2) is 32.5 Å². The third-order valence-corrected chi connectivity index (χ3v) is 4.88. The highest BCUT2D eigenvalue weighted by atomic mass is 16.5. The molecule has 0 aromatic heterocycles. The van der Waals surface area contributed by atoms with E-state index in [0.717, 1.165) is 54.9 Å². The van der Waals surface area contributed by atoms with Crippen molar-refractivity contribution in [3.63, 3.8) is 0 Å². The minimum absolute atomic E-state index is 0.00138. The first-order chi connectivity index (χ1) is 14.6. The summed E-state index contributed by atoms with van der Waals surface area (Å²) in [6.07, 6.45) is 6.65. The normalized spacial score (nSPS) is 12.0. The molecule has 1 unspecified atom stereocenters. The lowest BCUT2D eigenvalue weighted by atomic mass is 10.1. The summed E-state index contributed by atoms with van der Waals surface area (Å²) < 4.78 is 16.2. The van der Waals surface area contributed by atoms with Crippen LogP contribution >= 0.6 is 0 Å². The third-order valence-electron chi connectivity index (χ3n) is 4.88. The van der Waals surface area contributed by atoms with E-state index in [0.29, 0.717) is 13.2 Å². The van der Waals surface area contributed by atoms with Crippen molar-refractivity contribution in [3.8, 4) is 11.5 Å². The Hall–Kier alpha value is -2.82. The van der Waals surface area contributed by atoms with Gasteiger partial charge >= 0.3 is 5.97 Å². The predicted molar refractivity (Wildman–Crippen MR) is 121 cm³/mol. The molecule has 162 valence electrons. The molecule has 5 heteroatoms. The molecule has 1 atom stereocenters. The number of methoxy groups -OCH3 is 1. The van der Waals surface area contributed by atoms with Crippen LogP contribution in [0.25, 0.3) is 0 Å². The Morgan fingerprint density at radius 1 is 0.933 bits per heavy atom. The molecule has 0 amide bonds. The zero-order valence-corrected chi connectivity index (χ0v) is 18.3. The van der Waals surface area contributed by atoms with Crippen molar-refractivity contribution in [2.24, 2.45) is 10.9 Å². The summed E-state index contributed by atoms with van der Waals surface area (Å²) >= 11 is 0. The molecule has 5 nitrogen and oxygen atoms in total. The van der Waals surface area contributed by atoms with E-state index in [1.807, 2.05) is 68.6 Å². The van der Waals surface area contributed by atoms with Crippen LogP contribution in [0.5, 0.6) is 11.5 Å². The van der Waals surface area contributed by atoms with E-state index in [4.69, 9.17) is 14.2 Å². The first-order valence-electron chi connectivity index (χ1n) is 10.7. The molecular weight excluding hydrogens is 378 g/mol. The number of carbonyl (C=O) groups excluding carboxylic acids is 1. The Morgan fingerprint density at radius 3 is 2.20 bits per heavy atom. The number of aliphatic imine (C=N–C) groups is 1. The molecule has 30 heavy (non-hydrogen) atoms. The predicted octanol–water partition coefficient (Wildman–Crippen LogP) is 5.97. The number of hydrogen-bond acceptors (Lipinski definition) is 5. The van der Waals surface area contributed by atoms with E-state index >= 15 is 0 Å². The van der Waals surface area contributed by atoms with E-state index in [9.17, 15) is 4.79 Å². The number of hydrogen-bond donors (Lipinski definition) is 0. The minimum Gasteiger partial charge on any atom is -0.497 e. The molecule has 0 N–H and O–H groups in total. The van der Waals surface area contributed by atoms with Gasteiger partial charge in [0.2, 0.25) is 0 Å². The zero-order valence-electron chi connectivity index (χ0n) is 18.3. The lowest BCUT2D eigenvalue weighted by Crippen LogP contribution is -2.14. The van der Waals surface area contributed by atoms with Crippen LogP contribution in [0, 0.1) is 5.92 Å².